The highest BCUT2D eigenvalue weighted by Crippen LogP contribution is 2.37. The Kier molecular flexibility index (Phi) is 16.4. The Labute approximate surface area is 441 Å². The number of esters is 2. The van der Waals surface area contributed by atoms with Gasteiger partial charge in [-0.15, -0.1) is 0 Å². The average molecular weight is 1060 g/mol. The molecular formula is C52H64Cl4N12O4. The maximum absolute atomic E-state index is 11.9. The van der Waals surface area contributed by atoms with Gasteiger partial charge in [-0.05, 0) is 139 Å². The fraction of sp³-hybridized carbons (Fsp3) is 0.538. The number of nitrogens with zero attached hydrogens (tertiary/aromatic N) is 12. The summed E-state index contributed by atoms with van der Waals surface area (Å²) >= 11 is 25.2. The van der Waals surface area contributed by atoms with Crippen LogP contribution in [0.25, 0.3) is 22.3 Å². The molecule has 8 heterocycles. The van der Waals surface area contributed by atoms with Gasteiger partial charge in [0.25, 0.3) is 0 Å². The highest BCUT2D eigenvalue weighted by atomic mass is 35.5. The Morgan fingerprint density at radius 1 is 0.611 bits per heavy atom. The Morgan fingerprint density at radius 2 is 1.01 bits per heavy atom. The van der Waals surface area contributed by atoms with Crippen LogP contribution in [0.4, 0.5) is 11.6 Å². The van der Waals surface area contributed by atoms with E-state index in [0.29, 0.717) is 70.1 Å². The second-order valence-electron chi connectivity index (χ2n) is 19.8. The quantitative estimate of drug-likeness (QED) is 0.0952. The number of hydrogen-bond acceptors (Lipinski definition) is 14. The molecule has 0 aliphatic carbocycles. The number of carbonyl (C=O) groups is 2. The Balaban J connectivity index is 0.000000178. The lowest BCUT2D eigenvalue weighted by Gasteiger charge is -2.46. The number of anilines is 2. The summed E-state index contributed by atoms with van der Waals surface area (Å²) in [6, 6.07) is 10.8. The summed E-state index contributed by atoms with van der Waals surface area (Å²) in [4.78, 5) is 52.3. The molecule has 4 aliphatic heterocycles. The summed E-state index contributed by atoms with van der Waals surface area (Å²) in [6.07, 6.45) is 8.35. The third-order valence-electron chi connectivity index (χ3n) is 14.9. The van der Waals surface area contributed by atoms with E-state index in [4.69, 9.17) is 86.0 Å². The van der Waals surface area contributed by atoms with Crippen molar-refractivity contribution in [3.05, 3.63) is 91.4 Å². The minimum absolute atomic E-state index is 0.118. The van der Waals surface area contributed by atoms with Crippen LogP contribution in [0, 0.1) is 37.5 Å². The molecule has 0 N–H and O–H groups in total. The number of benzene rings is 2. The van der Waals surface area contributed by atoms with Crippen molar-refractivity contribution in [3.63, 3.8) is 0 Å². The Hall–Kier alpha value is -4.84. The predicted molar refractivity (Wildman–Crippen MR) is 284 cm³/mol. The zero-order chi connectivity index (χ0) is 50.8. The first-order valence-electron chi connectivity index (χ1n) is 25.3. The highest BCUT2D eigenvalue weighted by molar-refractivity contribution is 6.35. The van der Waals surface area contributed by atoms with Gasteiger partial charge in [0.05, 0.1) is 62.2 Å². The first kappa shape index (κ1) is 52.0. The molecule has 0 amide bonds. The first-order chi connectivity index (χ1) is 34.7. The molecule has 0 unspecified atom stereocenters. The van der Waals surface area contributed by atoms with Crippen LogP contribution in [0.1, 0.15) is 88.0 Å². The lowest BCUT2D eigenvalue weighted by molar-refractivity contribution is -0.145. The summed E-state index contributed by atoms with van der Waals surface area (Å²) in [5, 5.41) is 11.9. The van der Waals surface area contributed by atoms with Crippen LogP contribution in [-0.2, 0) is 19.1 Å². The maximum Gasteiger partial charge on any atom is 0.320 e. The number of carbonyl (C=O) groups excluding carboxylic acids is 2. The SMILES string of the molecule is CCOC(=O)CN1CCC[C@@H](C2CN(c3cnc4c(C)nn([C@H](C)c5ccc(Cl)cc5Cl)c4n3)C2)C1.CCOC(=O)CN1CCC[C@H](C2CN(c3cnc4c(C)nn([C@H](C)c5ccc(Cl)cc5Cl)c4n3)C2)C1. The van der Waals surface area contributed by atoms with Gasteiger partial charge < -0.3 is 19.3 Å². The first-order valence-corrected chi connectivity index (χ1v) is 26.8. The van der Waals surface area contributed by atoms with Gasteiger partial charge in [-0.25, -0.2) is 29.3 Å². The van der Waals surface area contributed by atoms with Crippen molar-refractivity contribution >= 4 is 92.3 Å². The predicted octanol–water partition coefficient (Wildman–Crippen LogP) is 9.52. The lowest BCUT2D eigenvalue weighted by Crippen LogP contribution is -2.54. The molecule has 4 aliphatic rings. The van der Waals surface area contributed by atoms with Crippen molar-refractivity contribution in [2.24, 2.45) is 23.7 Å². The third kappa shape index (κ3) is 11.4. The van der Waals surface area contributed by atoms with Crippen LogP contribution in [0.5, 0.6) is 0 Å². The lowest BCUT2D eigenvalue weighted by atomic mass is 9.80. The fourth-order valence-electron chi connectivity index (χ4n) is 10.9. The van der Waals surface area contributed by atoms with Gasteiger partial charge in [0.2, 0.25) is 0 Å². The van der Waals surface area contributed by atoms with Gasteiger partial charge in [0.1, 0.15) is 22.7 Å². The number of likely N-dealkylation sites (tertiary alicyclic amines) is 2. The molecule has 4 fully saturated rings. The normalized spacial score (nSPS) is 19.9. The maximum atomic E-state index is 11.9. The number of hydrogen-bond donors (Lipinski definition) is 0. The van der Waals surface area contributed by atoms with E-state index in [1.54, 1.807) is 12.1 Å². The van der Waals surface area contributed by atoms with E-state index in [1.165, 1.54) is 12.8 Å². The highest BCUT2D eigenvalue weighted by Gasteiger charge is 2.39. The Morgan fingerprint density at radius 3 is 1.39 bits per heavy atom. The van der Waals surface area contributed by atoms with Crippen LogP contribution in [0.2, 0.25) is 20.1 Å². The van der Waals surface area contributed by atoms with Crippen molar-refractivity contribution < 1.29 is 19.1 Å². The van der Waals surface area contributed by atoms with E-state index >= 15 is 0 Å². The number of rotatable bonds is 14. The van der Waals surface area contributed by atoms with Crippen molar-refractivity contribution in [1.29, 1.82) is 0 Å². The van der Waals surface area contributed by atoms with Gasteiger partial charge in [0, 0.05) is 59.4 Å². The molecule has 16 nitrogen and oxygen atoms in total. The van der Waals surface area contributed by atoms with Crippen LogP contribution in [-0.4, -0.2) is 140 Å². The van der Waals surface area contributed by atoms with E-state index in [0.717, 1.165) is 122 Å². The molecule has 10 rings (SSSR count). The summed E-state index contributed by atoms with van der Waals surface area (Å²) in [7, 11) is 0. The zero-order valence-electron chi connectivity index (χ0n) is 41.9. The van der Waals surface area contributed by atoms with E-state index < -0.39 is 0 Å². The second kappa shape index (κ2) is 22.7. The number of aromatic nitrogens is 8. The van der Waals surface area contributed by atoms with Crippen LogP contribution in [0.3, 0.4) is 0 Å². The van der Waals surface area contributed by atoms with Gasteiger partial charge in [0.15, 0.2) is 11.3 Å². The number of halogens is 4. The standard InChI is InChI=1S/2C26H32Cl2N6O2/c2*1-4-36-24(35)15-32-9-5-6-18(12-32)19-13-33(14-19)23-11-29-25-16(2)31-34(26(25)30-23)17(3)21-8-7-20(27)10-22(21)28/h2*7-8,10-11,17-19H,4-6,9,12-15H2,1-3H3/t17-,18+;17-,18-/m11/s1. The molecule has 384 valence electrons. The number of ether oxygens (including phenoxy) is 2. The smallest absolute Gasteiger partial charge is 0.320 e. The van der Waals surface area contributed by atoms with Crippen LogP contribution < -0.4 is 9.80 Å². The third-order valence-corrected chi connectivity index (χ3v) is 16.0. The molecule has 4 atom stereocenters. The molecule has 72 heavy (non-hydrogen) atoms. The summed E-state index contributed by atoms with van der Waals surface area (Å²) < 4.78 is 14.1. The number of fused-ring (bicyclic) bond motifs is 2. The molecule has 0 bridgehead atoms. The minimum atomic E-state index is -0.127. The zero-order valence-corrected chi connectivity index (χ0v) is 44.9. The Bertz CT molecular complexity index is 2710. The molecule has 0 radical (unpaired) electrons. The van der Waals surface area contributed by atoms with Crippen LogP contribution in [0.15, 0.2) is 48.8 Å². The van der Waals surface area contributed by atoms with Gasteiger partial charge in [-0.3, -0.25) is 19.4 Å². The van der Waals surface area contributed by atoms with Crippen molar-refractivity contribution in [2.75, 3.05) is 88.5 Å². The summed E-state index contributed by atoms with van der Waals surface area (Å²) in [5.74, 6) is 3.83. The number of aryl methyl sites for hydroxylation is 2. The number of piperidine rings is 2. The van der Waals surface area contributed by atoms with Crippen molar-refractivity contribution in [2.45, 2.75) is 79.3 Å². The van der Waals surface area contributed by atoms with Crippen LogP contribution >= 0.6 is 46.4 Å². The van der Waals surface area contributed by atoms with E-state index in [9.17, 15) is 9.59 Å². The summed E-state index contributed by atoms with van der Waals surface area (Å²) in [6.45, 7) is 21.0. The molecule has 6 aromatic rings. The molecule has 4 saturated heterocycles. The van der Waals surface area contributed by atoms with E-state index in [2.05, 4.69) is 33.4 Å². The van der Waals surface area contributed by atoms with Crippen molar-refractivity contribution in [3.8, 4) is 0 Å². The van der Waals surface area contributed by atoms with Gasteiger partial charge >= 0.3 is 11.9 Å². The molecule has 4 aromatic heterocycles. The molecule has 0 saturated carbocycles. The van der Waals surface area contributed by atoms with Crippen molar-refractivity contribution in [1.82, 2.24) is 49.3 Å². The largest absolute Gasteiger partial charge is 0.465 e. The fourth-order valence-corrected chi connectivity index (χ4v) is 12.0. The molecule has 2 aromatic carbocycles. The topological polar surface area (TPSA) is 153 Å². The van der Waals surface area contributed by atoms with E-state index in [1.807, 2.05) is 73.7 Å². The molecule has 0 spiro atoms. The van der Waals surface area contributed by atoms with Gasteiger partial charge in [-0.1, -0.05) is 58.5 Å². The molecular weight excluding hydrogens is 998 g/mol. The van der Waals surface area contributed by atoms with Gasteiger partial charge in [-0.2, -0.15) is 10.2 Å². The second-order valence-corrected chi connectivity index (χ2v) is 21.4. The summed E-state index contributed by atoms with van der Waals surface area (Å²) in [5.41, 5.74) is 6.66. The van der Waals surface area contributed by atoms with E-state index in [-0.39, 0.29) is 24.0 Å². The molecule has 20 heteroatoms. The monoisotopic (exact) mass is 1060 g/mol. The average Bonchev–Trinajstić information content (AvgIpc) is 3.83. The minimum Gasteiger partial charge on any atom is -0.465 e.